The van der Waals surface area contributed by atoms with E-state index in [9.17, 15) is 0 Å². The van der Waals surface area contributed by atoms with Gasteiger partial charge < -0.3 is 5.73 Å². The molecule has 0 radical (unpaired) electrons. The Hall–Kier alpha value is -1.28. The Balaban J connectivity index is 3.00. The average Bonchev–Trinajstić information content (AvgIpc) is 2.12. The van der Waals surface area contributed by atoms with E-state index in [-0.39, 0.29) is 0 Å². The van der Waals surface area contributed by atoms with E-state index in [2.05, 4.69) is 4.98 Å². The number of nitrogens with two attached hydrogens (primary N) is 1. The van der Waals surface area contributed by atoms with E-state index in [1.54, 1.807) is 18.3 Å². The van der Waals surface area contributed by atoms with Gasteiger partial charge in [0.25, 0.3) is 0 Å². The highest BCUT2D eigenvalue weighted by molar-refractivity contribution is 6.35. The van der Waals surface area contributed by atoms with E-state index >= 15 is 0 Å². The summed E-state index contributed by atoms with van der Waals surface area (Å²) in [6.45, 7) is 2.00. The van der Waals surface area contributed by atoms with E-state index in [4.69, 9.17) is 17.3 Å². The lowest BCUT2D eigenvalue weighted by Crippen LogP contribution is -1.91. The molecule has 2 N–H and O–H groups in total. The Kier molecular flexibility index (Phi) is 1.85. The van der Waals surface area contributed by atoms with Gasteiger partial charge in [0.1, 0.15) is 0 Å². The van der Waals surface area contributed by atoms with Crippen molar-refractivity contribution >= 4 is 28.2 Å². The van der Waals surface area contributed by atoms with Gasteiger partial charge >= 0.3 is 0 Å². The van der Waals surface area contributed by atoms with Crippen LogP contribution in [0.5, 0.6) is 0 Å². The normalized spacial score (nSPS) is 10.6. The summed E-state index contributed by atoms with van der Waals surface area (Å²) in [5.74, 6) is 0. The lowest BCUT2D eigenvalue weighted by atomic mass is 10.1. The third kappa shape index (κ3) is 1.23. The molecule has 1 aromatic heterocycles. The highest BCUT2D eigenvalue weighted by Gasteiger charge is 2.05. The number of nitrogens with zero attached hydrogens (tertiary/aromatic N) is 1. The Morgan fingerprint density at radius 1 is 1.31 bits per heavy atom. The van der Waals surface area contributed by atoms with Crippen LogP contribution < -0.4 is 5.73 Å². The van der Waals surface area contributed by atoms with Crippen LogP contribution in [0.25, 0.3) is 10.9 Å². The van der Waals surface area contributed by atoms with Crippen molar-refractivity contribution in [3.05, 3.63) is 35.0 Å². The van der Waals surface area contributed by atoms with Crippen LogP contribution in [0.3, 0.4) is 0 Å². The molecular weight excluding hydrogens is 184 g/mol. The molecule has 66 valence electrons. The zero-order valence-electron chi connectivity index (χ0n) is 7.21. The van der Waals surface area contributed by atoms with Gasteiger partial charge in [-0.15, -0.1) is 0 Å². The van der Waals surface area contributed by atoms with E-state index in [1.807, 2.05) is 13.0 Å². The molecule has 2 nitrogen and oxygen atoms in total. The topological polar surface area (TPSA) is 38.9 Å². The molecule has 0 aliphatic heterocycles. The SMILES string of the molecule is Cc1ccnc2c(Cl)ccc(N)c12. The van der Waals surface area contributed by atoms with Crippen LogP contribution in [0.4, 0.5) is 5.69 Å². The van der Waals surface area contributed by atoms with Gasteiger partial charge in [0.15, 0.2) is 0 Å². The predicted molar refractivity (Wildman–Crippen MR) is 55.9 cm³/mol. The smallest absolute Gasteiger partial charge is 0.0911 e. The fraction of sp³-hybridized carbons (Fsp3) is 0.100. The minimum Gasteiger partial charge on any atom is -0.398 e. The highest BCUT2D eigenvalue weighted by Crippen LogP contribution is 2.28. The second-order valence-electron chi connectivity index (χ2n) is 2.99. The van der Waals surface area contributed by atoms with Crippen LogP contribution in [-0.2, 0) is 0 Å². The van der Waals surface area contributed by atoms with Crippen molar-refractivity contribution in [1.82, 2.24) is 4.98 Å². The Labute approximate surface area is 81.3 Å². The van der Waals surface area contributed by atoms with Crippen molar-refractivity contribution in [2.75, 3.05) is 5.73 Å². The molecule has 0 spiro atoms. The van der Waals surface area contributed by atoms with Gasteiger partial charge in [0.05, 0.1) is 10.5 Å². The first-order valence-corrected chi connectivity index (χ1v) is 4.37. The summed E-state index contributed by atoms with van der Waals surface area (Å²) in [6.07, 6.45) is 1.74. The van der Waals surface area contributed by atoms with Crippen LogP contribution in [0, 0.1) is 6.92 Å². The minimum absolute atomic E-state index is 0.646. The molecule has 0 atom stereocenters. The zero-order chi connectivity index (χ0) is 9.42. The van der Waals surface area contributed by atoms with Gasteiger partial charge in [-0.3, -0.25) is 4.98 Å². The molecule has 0 fully saturated rings. The second kappa shape index (κ2) is 2.89. The van der Waals surface area contributed by atoms with E-state index in [1.165, 1.54) is 0 Å². The summed E-state index contributed by atoms with van der Waals surface area (Å²) in [7, 11) is 0. The van der Waals surface area contributed by atoms with Crippen molar-refractivity contribution in [1.29, 1.82) is 0 Å². The fourth-order valence-corrected chi connectivity index (χ4v) is 1.64. The number of aromatic nitrogens is 1. The van der Waals surface area contributed by atoms with Crippen LogP contribution in [-0.4, -0.2) is 4.98 Å². The average molecular weight is 193 g/mol. The largest absolute Gasteiger partial charge is 0.398 e. The van der Waals surface area contributed by atoms with Crippen LogP contribution >= 0.6 is 11.6 Å². The van der Waals surface area contributed by atoms with Crippen molar-refractivity contribution in [2.24, 2.45) is 0 Å². The van der Waals surface area contributed by atoms with Gasteiger partial charge in [-0.25, -0.2) is 0 Å². The number of hydrogen-bond acceptors (Lipinski definition) is 2. The number of rotatable bonds is 0. The van der Waals surface area contributed by atoms with E-state index in [0.717, 1.165) is 22.2 Å². The minimum atomic E-state index is 0.646. The number of pyridine rings is 1. The van der Waals surface area contributed by atoms with Crippen LogP contribution in [0.15, 0.2) is 24.4 Å². The predicted octanol–water partition coefficient (Wildman–Crippen LogP) is 2.78. The molecule has 3 heteroatoms. The lowest BCUT2D eigenvalue weighted by Gasteiger charge is -2.05. The van der Waals surface area contributed by atoms with Crippen molar-refractivity contribution in [3.8, 4) is 0 Å². The Morgan fingerprint density at radius 2 is 2.08 bits per heavy atom. The molecule has 0 aliphatic carbocycles. The number of hydrogen-bond donors (Lipinski definition) is 1. The molecule has 13 heavy (non-hydrogen) atoms. The summed E-state index contributed by atoms with van der Waals surface area (Å²) in [4.78, 5) is 4.19. The van der Waals surface area contributed by atoms with Gasteiger partial charge in [-0.1, -0.05) is 11.6 Å². The first-order valence-electron chi connectivity index (χ1n) is 3.99. The van der Waals surface area contributed by atoms with E-state index in [0.29, 0.717) is 5.02 Å². The number of halogens is 1. The van der Waals surface area contributed by atoms with Crippen LogP contribution in [0.2, 0.25) is 5.02 Å². The van der Waals surface area contributed by atoms with E-state index < -0.39 is 0 Å². The Bertz CT molecular complexity index is 457. The molecule has 0 saturated carbocycles. The highest BCUT2D eigenvalue weighted by atomic mass is 35.5. The first kappa shape index (κ1) is 8.32. The van der Waals surface area contributed by atoms with Gasteiger partial charge in [0.2, 0.25) is 0 Å². The first-order chi connectivity index (χ1) is 6.20. The summed E-state index contributed by atoms with van der Waals surface area (Å²) < 4.78 is 0. The maximum absolute atomic E-state index is 5.98. The number of benzene rings is 1. The zero-order valence-corrected chi connectivity index (χ0v) is 7.97. The number of aryl methyl sites for hydroxylation is 1. The summed E-state index contributed by atoms with van der Waals surface area (Å²) >= 11 is 5.98. The quantitative estimate of drug-likeness (QED) is 0.652. The lowest BCUT2D eigenvalue weighted by molar-refractivity contribution is 1.37. The molecule has 0 unspecified atom stereocenters. The summed E-state index contributed by atoms with van der Waals surface area (Å²) in [6, 6.07) is 5.50. The third-order valence-electron chi connectivity index (χ3n) is 2.08. The monoisotopic (exact) mass is 192 g/mol. The molecular formula is C10H9ClN2. The maximum atomic E-state index is 5.98. The number of fused-ring (bicyclic) bond motifs is 1. The molecule has 1 aromatic carbocycles. The summed E-state index contributed by atoms with van der Waals surface area (Å²) in [5.41, 5.74) is 8.44. The third-order valence-corrected chi connectivity index (χ3v) is 2.39. The number of nitrogen functional groups attached to an aromatic ring is 1. The number of anilines is 1. The molecule has 1 heterocycles. The molecule has 0 amide bonds. The molecule has 0 bridgehead atoms. The van der Waals surface area contributed by atoms with Gasteiger partial charge in [-0.05, 0) is 30.7 Å². The van der Waals surface area contributed by atoms with Gasteiger partial charge in [-0.2, -0.15) is 0 Å². The standard InChI is InChI=1S/C10H9ClN2/c1-6-4-5-13-10-7(11)2-3-8(12)9(6)10/h2-5H,12H2,1H3. The maximum Gasteiger partial charge on any atom is 0.0911 e. The second-order valence-corrected chi connectivity index (χ2v) is 3.40. The molecule has 0 saturated heterocycles. The molecule has 0 aliphatic rings. The van der Waals surface area contributed by atoms with Crippen LogP contribution in [0.1, 0.15) is 5.56 Å². The summed E-state index contributed by atoms with van der Waals surface area (Å²) in [5, 5.41) is 1.60. The van der Waals surface area contributed by atoms with Crippen molar-refractivity contribution in [3.63, 3.8) is 0 Å². The van der Waals surface area contributed by atoms with Gasteiger partial charge in [0, 0.05) is 17.3 Å². The Morgan fingerprint density at radius 3 is 2.77 bits per heavy atom. The van der Waals surface area contributed by atoms with Crippen molar-refractivity contribution < 1.29 is 0 Å². The van der Waals surface area contributed by atoms with Crippen molar-refractivity contribution in [2.45, 2.75) is 6.92 Å². The molecule has 2 aromatic rings. The molecule has 2 rings (SSSR count). The fourth-order valence-electron chi connectivity index (χ4n) is 1.43.